The minimum atomic E-state index is -0.580. The predicted molar refractivity (Wildman–Crippen MR) is 167 cm³/mol. The quantitative estimate of drug-likeness (QED) is 0.132. The number of nitrogens with zero attached hydrogens (tertiary/aromatic N) is 7. The van der Waals surface area contributed by atoms with Crippen LogP contribution in [0.3, 0.4) is 0 Å². The molecule has 3 aromatic rings. The Morgan fingerprint density at radius 2 is 1.93 bits per heavy atom. The summed E-state index contributed by atoms with van der Waals surface area (Å²) in [5.74, 6) is 0.179. The number of halogens is 1. The number of likely N-dealkylation sites (N-methyl/N-ethyl adjacent to an activating group) is 2. The number of carbonyl (C=O) groups excluding carboxylic acids is 1. The van der Waals surface area contributed by atoms with Crippen molar-refractivity contribution in [3.05, 3.63) is 57.0 Å². The number of fused-ring (bicyclic) bond motifs is 1. The van der Waals surface area contributed by atoms with Crippen molar-refractivity contribution >= 4 is 52.1 Å². The van der Waals surface area contributed by atoms with E-state index in [0.717, 1.165) is 11.4 Å². The van der Waals surface area contributed by atoms with Crippen LogP contribution in [0.1, 0.15) is 43.7 Å². The van der Waals surface area contributed by atoms with Gasteiger partial charge in [0.1, 0.15) is 22.2 Å². The summed E-state index contributed by atoms with van der Waals surface area (Å²) in [5, 5.41) is 15.5. The van der Waals surface area contributed by atoms with E-state index in [1.54, 1.807) is 37.9 Å². The summed E-state index contributed by atoms with van der Waals surface area (Å²) in [5.41, 5.74) is 1.85. The first-order valence-corrected chi connectivity index (χ1v) is 14.1. The summed E-state index contributed by atoms with van der Waals surface area (Å²) < 4.78 is 11.1. The van der Waals surface area contributed by atoms with Crippen LogP contribution in [0.2, 0.25) is 5.15 Å². The van der Waals surface area contributed by atoms with Gasteiger partial charge < -0.3 is 29.5 Å². The normalized spacial score (nSPS) is 13.7. The maximum atomic E-state index is 13.2. The van der Waals surface area contributed by atoms with E-state index < -0.39 is 16.3 Å². The van der Waals surface area contributed by atoms with Gasteiger partial charge in [-0.15, -0.1) is 0 Å². The highest BCUT2D eigenvalue weighted by molar-refractivity contribution is 6.29. The third-order valence-electron chi connectivity index (χ3n) is 6.95. The lowest BCUT2D eigenvalue weighted by Crippen LogP contribution is -2.29. The molecule has 14 heteroatoms. The van der Waals surface area contributed by atoms with Crippen LogP contribution in [0.4, 0.5) is 34.5 Å². The molecule has 3 heterocycles. The van der Waals surface area contributed by atoms with Crippen molar-refractivity contribution in [3.63, 3.8) is 0 Å². The molecule has 0 saturated heterocycles. The van der Waals surface area contributed by atoms with Crippen molar-refractivity contribution in [1.29, 1.82) is 0 Å². The molecule has 0 aliphatic carbocycles. The number of anilines is 5. The number of carbonyl (C=O) groups is 1. The molecule has 230 valence electrons. The number of nitrogens with one attached hydrogen (secondary N) is 1. The number of rotatable bonds is 11. The number of ether oxygens (including phenoxy) is 2. The highest BCUT2D eigenvalue weighted by Gasteiger charge is 2.40. The average molecular weight is 613 g/mol. The zero-order chi connectivity index (χ0) is 31.6. The standard InChI is InChI=1S/C29H37ClN8O5/c1-17(2)43-27(39)18-15-31-28(34-26(18)37-16-29(3,4)25-20(37)9-10-24(30)33-25)32-19-13-22(38(40)41)21(14-23(19)42-8)36(7)12-11-35(5)6/h9-10,13-15,17H,11-12,16H2,1-8H3,(H,31,32,34). The molecular formula is C29H37ClN8O5. The molecule has 0 spiro atoms. The SMILES string of the molecule is COc1cc(N(C)CCN(C)C)c([N+](=O)[O-])cc1Nc1ncc(C(=O)OC(C)C)c(N2CC(C)(C)c3nc(Cl)ccc32)n1. The molecule has 1 N–H and O–H groups in total. The van der Waals surface area contributed by atoms with Gasteiger partial charge in [-0.3, -0.25) is 10.1 Å². The molecule has 0 amide bonds. The molecule has 0 fully saturated rings. The van der Waals surface area contributed by atoms with Crippen molar-refractivity contribution in [1.82, 2.24) is 19.9 Å². The summed E-state index contributed by atoms with van der Waals surface area (Å²) in [4.78, 5) is 44.1. The van der Waals surface area contributed by atoms with E-state index in [9.17, 15) is 14.9 Å². The monoisotopic (exact) mass is 612 g/mol. The molecular weight excluding hydrogens is 576 g/mol. The number of hydrogen-bond donors (Lipinski definition) is 1. The summed E-state index contributed by atoms with van der Waals surface area (Å²) in [6.45, 7) is 9.31. The molecule has 43 heavy (non-hydrogen) atoms. The number of methoxy groups -OCH3 is 1. The van der Waals surface area contributed by atoms with Gasteiger partial charge in [0.25, 0.3) is 5.69 Å². The highest BCUT2D eigenvalue weighted by Crippen LogP contribution is 2.45. The van der Waals surface area contributed by atoms with Crippen molar-refractivity contribution in [2.24, 2.45) is 0 Å². The summed E-state index contributed by atoms with van der Waals surface area (Å²) in [6.07, 6.45) is 1.02. The van der Waals surface area contributed by atoms with Crippen LogP contribution in [-0.4, -0.2) is 84.7 Å². The molecule has 13 nitrogen and oxygen atoms in total. The Hall–Kier alpha value is -4.23. The minimum absolute atomic E-state index is 0.102. The number of esters is 1. The zero-order valence-electron chi connectivity index (χ0n) is 25.6. The maximum Gasteiger partial charge on any atom is 0.343 e. The predicted octanol–water partition coefficient (Wildman–Crippen LogP) is 5.18. The van der Waals surface area contributed by atoms with Crippen LogP contribution in [0.15, 0.2) is 30.5 Å². The fraction of sp³-hybridized carbons (Fsp3) is 0.448. The largest absolute Gasteiger partial charge is 0.494 e. The first-order valence-electron chi connectivity index (χ1n) is 13.7. The molecule has 0 atom stereocenters. The Kier molecular flexibility index (Phi) is 9.26. The molecule has 0 bridgehead atoms. The minimum Gasteiger partial charge on any atom is -0.494 e. The fourth-order valence-corrected chi connectivity index (χ4v) is 4.96. The lowest BCUT2D eigenvalue weighted by molar-refractivity contribution is -0.384. The van der Waals surface area contributed by atoms with Gasteiger partial charge in [-0.05, 0) is 40.1 Å². The van der Waals surface area contributed by atoms with Crippen LogP contribution in [0, 0.1) is 10.1 Å². The Morgan fingerprint density at radius 3 is 2.56 bits per heavy atom. The summed E-state index contributed by atoms with van der Waals surface area (Å²) >= 11 is 6.22. The van der Waals surface area contributed by atoms with Gasteiger partial charge in [0.05, 0.1) is 35.2 Å². The Bertz CT molecular complexity index is 1530. The third-order valence-corrected chi connectivity index (χ3v) is 7.16. The van der Waals surface area contributed by atoms with Crippen molar-refractivity contribution in [2.75, 3.05) is 63.0 Å². The van der Waals surface area contributed by atoms with E-state index >= 15 is 0 Å². The second kappa shape index (κ2) is 12.6. The van der Waals surface area contributed by atoms with Crippen LogP contribution >= 0.6 is 11.6 Å². The Balaban J connectivity index is 1.79. The molecule has 0 saturated carbocycles. The first kappa shape index (κ1) is 31.7. The number of nitro groups is 1. The van der Waals surface area contributed by atoms with Crippen molar-refractivity contribution in [2.45, 2.75) is 39.2 Å². The zero-order valence-corrected chi connectivity index (χ0v) is 26.4. The van der Waals surface area contributed by atoms with E-state index in [0.29, 0.717) is 42.0 Å². The number of pyridine rings is 1. The molecule has 1 aliphatic rings. The molecule has 1 aliphatic heterocycles. The smallest absolute Gasteiger partial charge is 0.343 e. The average Bonchev–Trinajstić information content (AvgIpc) is 3.20. The van der Waals surface area contributed by atoms with Gasteiger partial charge in [-0.2, -0.15) is 4.98 Å². The maximum absolute atomic E-state index is 13.2. The topological polar surface area (TPSA) is 139 Å². The lowest BCUT2D eigenvalue weighted by atomic mass is 9.91. The van der Waals surface area contributed by atoms with E-state index in [-0.39, 0.29) is 29.0 Å². The highest BCUT2D eigenvalue weighted by atomic mass is 35.5. The van der Waals surface area contributed by atoms with Crippen LogP contribution in [-0.2, 0) is 10.2 Å². The van der Waals surface area contributed by atoms with Crippen LogP contribution in [0.5, 0.6) is 5.75 Å². The summed E-state index contributed by atoms with van der Waals surface area (Å²) in [7, 11) is 7.14. The summed E-state index contributed by atoms with van der Waals surface area (Å²) in [6, 6.07) is 6.52. The molecule has 2 aromatic heterocycles. The number of benzene rings is 1. The van der Waals surface area contributed by atoms with E-state index in [2.05, 4.69) is 15.3 Å². The molecule has 0 unspecified atom stereocenters. The second-order valence-corrected chi connectivity index (χ2v) is 11.9. The van der Waals surface area contributed by atoms with E-state index in [1.807, 2.05) is 43.8 Å². The number of nitro benzene ring substituents is 1. The third kappa shape index (κ3) is 6.89. The van der Waals surface area contributed by atoms with Crippen LogP contribution in [0.25, 0.3) is 0 Å². The van der Waals surface area contributed by atoms with Gasteiger partial charge in [-0.25, -0.2) is 14.8 Å². The van der Waals surface area contributed by atoms with Gasteiger partial charge in [0.2, 0.25) is 5.95 Å². The van der Waals surface area contributed by atoms with Gasteiger partial charge in [0.15, 0.2) is 5.82 Å². The van der Waals surface area contributed by atoms with Crippen molar-refractivity contribution < 1.29 is 19.2 Å². The number of aromatic nitrogens is 3. The van der Waals surface area contributed by atoms with E-state index in [1.165, 1.54) is 19.4 Å². The van der Waals surface area contributed by atoms with Gasteiger partial charge in [-0.1, -0.05) is 25.4 Å². The van der Waals surface area contributed by atoms with Gasteiger partial charge in [0, 0.05) is 50.4 Å². The first-order chi connectivity index (χ1) is 20.2. The van der Waals surface area contributed by atoms with Crippen LogP contribution < -0.4 is 19.9 Å². The van der Waals surface area contributed by atoms with Crippen molar-refractivity contribution in [3.8, 4) is 5.75 Å². The lowest BCUT2D eigenvalue weighted by Gasteiger charge is -2.24. The van der Waals surface area contributed by atoms with E-state index in [4.69, 9.17) is 26.1 Å². The molecule has 4 rings (SSSR count). The Morgan fingerprint density at radius 1 is 1.21 bits per heavy atom. The second-order valence-electron chi connectivity index (χ2n) is 11.5. The molecule has 0 radical (unpaired) electrons. The molecule has 1 aromatic carbocycles. The van der Waals surface area contributed by atoms with Gasteiger partial charge >= 0.3 is 5.97 Å². The fourth-order valence-electron chi connectivity index (χ4n) is 4.82. The Labute approximate surface area is 255 Å². The number of hydrogen-bond acceptors (Lipinski definition) is 12.